The predicted octanol–water partition coefficient (Wildman–Crippen LogP) is 9.78. The van der Waals surface area contributed by atoms with Crippen molar-refractivity contribution in [2.75, 3.05) is 43.0 Å². The number of anilines is 3. The lowest BCUT2D eigenvalue weighted by Crippen LogP contribution is -2.53. The van der Waals surface area contributed by atoms with Gasteiger partial charge in [0.05, 0.1) is 64.7 Å². The van der Waals surface area contributed by atoms with Crippen molar-refractivity contribution in [1.82, 2.24) is 5.01 Å². The molecule has 9 rings (SSSR count). The first-order chi connectivity index (χ1) is 30.9. The Kier molecular flexibility index (Phi) is 11.2. The normalized spacial score (nSPS) is 23.8. The predicted molar refractivity (Wildman–Crippen MR) is 244 cm³/mol. The first-order valence-electron chi connectivity index (χ1n) is 20.9. The highest BCUT2D eigenvalue weighted by Crippen LogP contribution is 2.65. The van der Waals surface area contributed by atoms with Crippen molar-refractivity contribution in [3.05, 3.63) is 142 Å². The van der Waals surface area contributed by atoms with E-state index in [0.29, 0.717) is 44.5 Å². The van der Waals surface area contributed by atoms with Crippen molar-refractivity contribution < 1.29 is 33.8 Å². The van der Waals surface area contributed by atoms with Gasteiger partial charge in [-0.2, -0.15) is 15.2 Å². The fourth-order valence-electron chi connectivity index (χ4n) is 10.1. The first-order valence-corrected chi connectivity index (χ1v) is 21.7. The number of rotatable bonds is 11. The lowest BCUT2D eigenvalue weighted by molar-refractivity contribution is -0.138. The number of fused-ring (bicyclic) bond motifs is 4. The van der Waals surface area contributed by atoms with Crippen LogP contribution in [0.15, 0.2) is 131 Å². The van der Waals surface area contributed by atoms with E-state index in [1.807, 2.05) is 49.3 Å². The number of ether oxygens (including phenoxy) is 2. The van der Waals surface area contributed by atoms with Crippen molar-refractivity contribution in [2.24, 2.45) is 33.9 Å². The van der Waals surface area contributed by atoms with Crippen LogP contribution in [0, 0.1) is 23.7 Å². The number of amides is 4. The van der Waals surface area contributed by atoms with Crippen LogP contribution in [0.1, 0.15) is 36.8 Å². The number of phenolic OH excluding ortho intramolecular Hbond substituents is 1. The molecule has 4 amide bonds. The Balaban J connectivity index is 1.13. The van der Waals surface area contributed by atoms with Crippen LogP contribution in [0.3, 0.4) is 0 Å². The van der Waals surface area contributed by atoms with E-state index in [1.165, 1.54) is 18.1 Å². The van der Waals surface area contributed by atoms with Crippen LogP contribution in [0.4, 0.5) is 28.4 Å². The largest absolute Gasteiger partial charge is 0.504 e. The van der Waals surface area contributed by atoms with Gasteiger partial charge in [0, 0.05) is 36.3 Å². The Morgan fingerprint density at radius 2 is 1.53 bits per heavy atom. The minimum atomic E-state index is -1.67. The summed E-state index contributed by atoms with van der Waals surface area (Å²) < 4.78 is 11.4. The molecule has 4 aliphatic rings. The van der Waals surface area contributed by atoms with Crippen LogP contribution in [-0.4, -0.2) is 61.6 Å². The van der Waals surface area contributed by atoms with Gasteiger partial charge in [-0.3, -0.25) is 29.5 Å². The monoisotopic (exact) mass is 898 g/mol. The van der Waals surface area contributed by atoms with E-state index < -0.39 is 52.7 Å². The van der Waals surface area contributed by atoms with E-state index in [2.05, 4.69) is 15.7 Å². The smallest absolute Gasteiger partial charge is 0.260 e. The molecule has 6 atom stereocenters. The maximum Gasteiger partial charge on any atom is 0.260 e. The average Bonchev–Trinajstić information content (AvgIpc) is 3.68. The number of hydrazine groups is 1. The zero-order valence-electron chi connectivity index (χ0n) is 35.4. The molecule has 326 valence electrons. The van der Waals surface area contributed by atoms with Gasteiger partial charge in [-0.15, -0.1) is 0 Å². The molecular weight excluding hydrogens is 855 g/mol. The third-order valence-corrected chi connectivity index (χ3v) is 13.5. The average molecular weight is 900 g/mol. The third-order valence-electron chi connectivity index (χ3n) is 13.0. The summed E-state index contributed by atoms with van der Waals surface area (Å²) in [5, 5.41) is 22.3. The minimum Gasteiger partial charge on any atom is -0.504 e. The number of para-hydroxylation sites is 1. The molecule has 3 fully saturated rings. The summed E-state index contributed by atoms with van der Waals surface area (Å²) in [6, 6.07) is 31.1. The number of allylic oxidation sites excluding steroid dienone is 2. The number of aromatic hydroxyl groups is 1. The molecule has 2 N–H and O–H groups in total. The fourth-order valence-corrected chi connectivity index (χ4v) is 10.5. The second kappa shape index (κ2) is 16.8. The summed E-state index contributed by atoms with van der Waals surface area (Å²) in [6.45, 7) is 2.05. The molecule has 64 heavy (non-hydrogen) atoms. The minimum absolute atomic E-state index is 0.0419. The van der Waals surface area contributed by atoms with Gasteiger partial charge >= 0.3 is 0 Å². The van der Waals surface area contributed by atoms with Crippen molar-refractivity contribution in [3.63, 3.8) is 0 Å². The van der Waals surface area contributed by atoms with Crippen LogP contribution in [0.25, 0.3) is 0 Å². The summed E-state index contributed by atoms with van der Waals surface area (Å²) in [5.41, 5.74) is 5.70. The molecule has 0 bridgehead atoms. The molecule has 2 aliphatic carbocycles. The molecule has 2 heterocycles. The van der Waals surface area contributed by atoms with Crippen LogP contribution in [0.5, 0.6) is 17.2 Å². The molecule has 0 spiro atoms. The van der Waals surface area contributed by atoms with Crippen LogP contribution in [-0.2, 0) is 24.6 Å². The van der Waals surface area contributed by atoms with Gasteiger partial charge in [0.15, 0.2) is 11.5 Å². The number of benzene rings is 5. The maximum absolute atomic E-state index is 15.6. The molecule has 2 saturated heterocycles. The number of phenols is 1. The number of nitrogens with zero attached hydrogens (tertiary/aromatic N) is 5. The number of methoxy groups -OCH3 is 1. The van der Waals surface area contributed by atoms with E-state index in [9.17, 15) is 14.7 Å². The third kappa shape index (κ3) is 6.94. The van der Waals surface area contributed by atoms with Crippen LogP contribution < -0.4 is 24.7 Å². The van der Waals surface area contributed by atoms with Gasteiger partial charge in [0.2, 0.25) is 11.8 Å². The summed E-state index contributed by atoms with van der Waals surface area (Å²) in [6.07, 6.45) is 2.16. The Labute approximate surface area is 379 Å². The van der Waals surface area contributed by atoms with Crippen LogP contribution in [0.2, 0.25) is 10.0 Å². The van der Waals surface area contributed by atoms with Gasteiger partial charge in [0.25, 0.3) is 11.8 Å². The molecule has 0 aromatic heterocycles. The molecule has 0 radical (unpaired) electrons. The molecule has 1 saturated carbocycles. The highest BCUT2D eigenvalue weighted by Gasteiger charge is 2.70. The number of carbonyl (C=O) groups is 4. The highest BCUT2D eigenvalue weighted by molar-refractivity contribution is 6.36. The van der Waals surface area contributed by atoms with Crippen molar-refractivity contribution in [3.8, 4) is 17.2 Å². The lowest BCUT2D eigenvalue weighted by Gasteiger charge is -2.50. The Morgan fingerprint density at radius 3 is 2.17 bits per heavy atom. The number of halogens is 2. The number of azo groups is 1. The van der Waals surface area contributed by atoms with E-state index in [0.717, 1.165) is 10.7 Å². The molecular formula is C49H44Cl2N6O7. The van der Waals surface area contributed by atoms with Crippen molar-refractivity contribution >= 4 is 75.3 Å². The van der Waals surface area contributed by atoms with Crippen LogP contribution >= 0.6 is 23.2 Å². The molecule has 2 aliphatic heterocycles. The highest BCUT2D eigenvalue weighted by atomic mass is 35.5. The topological polar surface area (TPSA) is 153 Å². The van der Waals surface area contributed by atoms with Gasteiger partial charge in [-0.1, -0.05) is 59.1 Å². The van der Waals surface area contributed by atoms with E-state index in [-0.39, 0.29) is 47.6 Å². The second-order valence-electron chi connectivity index (χ2n) is 16.5. The van der Waals surface area contributed by atoms with E-state index in [4.69, 9.17) is 32.7 Å². The standard InChI is InChI=1S/C49H44Cl2N6O7/c1-5-64-41-8-6-7-36(44(41)58)43-34-22-23-35-42(47(61)56(45(35)59)32-18-14-30(15-19-32)53-52-29-12-16-31(17-13-29)55(2)3)37(34)26-38-46(60)57(54-40-24-11-28(50)25-39(40)51)48(62)49(38,43)27-9-20-33(63-4)21-10-27/h6-22,24-25,35,37-38,42-43,54,58H,5,23,26H2,1-4H3. The second-order valence-corrected chi connectivity index (χ2v) is 17.3. The SMILES string of the molecule is CCOc1cccc(C2C3=CCC4C(=O)N(c5ccc(N=Nc6ccc(N(C)C)cc6)cc5)C(=O)C4C3CC3C(=O)N(Nc4ccc(Cl)cc4Cl)C(=O)C32c2ccc(OC)cc2)c1O. The lowest BCUT2D eigenvalue weighted by atomic mass is 9.49. The molecule has 5 aromatic rings. The maximum atomic E-state index is 15.6. The number of nitrogens with one attached hydrogen (secondary N) is 1. The summed E-state index contributed by atoms with van der Waals surface area (Å²) in [7, 11) is 5.45. The van der Waals surface area contributed by atoms with E-state index in [1.54, 1.807) is 85.8 Å². The zero-order chi connectivity index (χ0) is 45.0. The number of hydrogen-bond acceptors (Lipinski definition) is 11. The first kappa shape index (κ1) is 42.6. The zero-order valence-corrected chi connectivity index (χ0v) is 36.9. The Hall–Kier alpha value is -6.70. The summed E-state index contributed by atoms with van der Waals surface area (Å²) in [5.74, 6) is -5.79. The Bertz CT molecular complexity index is 2740. The number of hydrogen-bond donors (Lipinski definition) is 2. The van der Waals surface area contributed by atoms with Gasteiger partial charge in [-0.25, -0.2) is 0 Å². The quantitative estimate of drug-likeness (QED) is 0.0750. The summed E-state index contributed by atoms with van der Waals surface area (Å²) in [4.78, 5) is 63.3. The van der Waals surface area contributed by atoms with E-state index >= 15 is 9.59 Å². The molecule has 13 nitrogen and oxygen atoms in total. The summed E-state index contributed by atoms with van der Waals surface area (Å²) >= 11 is 12.8. The molecule has 15 heteroatoms. The van der Waals surface area contributed by atoms with Crippen molar-refractivity contribution in [1.29, 1.82) is 0 Å². The fraction of sp³-hybridized carbons (Fsp3) is 0.265. The number of carbonyl (C=O) groups excluding carboxylic acids is 4. The van der Waals surface area contributed by atoms with Gasteiger partial charge < -0.3 is 19.5 Å². The Morgan fingerprint density at radius 1 is 0.844 bits per heavy atom. The van der Waals surface area contributed by atoms with Gasteiger partial charge in [0.1, 0.15) is 5.75 Å². The number of imide groups is 2. The van der Waals surface area contributed by atoms with Gasteiger partial charge in [-0.05, 0) is 116 Å². The molecule has 6 unspecified atom stereocenters. The van der Waals surface area contributed by atoms with Crippen molar-refractivity contribution in [2.45, 2.75) is 31.1 Å². The molecule has 5 aromatic carbocycles.